The summed E-state index contributed by atoms with van der Waals surface area (Å²) in [6, 6.07) is 41.8. The zero-order valence-corrected chi connectivity index (χ0v) is 24.6. The molecule has 45 heavy (non-hydrogen) atoms. The molecule has 12 rings (SSSR count). The van der Waals surface area contributed by atoms with E-state index in [1.807, 2.05) is 11.3 Å². The smallest absolute Gasteiger partial charge is 0.397 e. The summed E-state index contributed by atoms with van der Waals surface area (Å²) in [4.78, 5) is 0. The average Bonchev–Trinajstić information content (AvgIpc) is 3.84. The number of rotatable bonds is 1. The van der Waals surface area contributed by atoms with Gasteiger partial charge in [-0.05, 0) is 60.2 Å². The molecular weight excluding hydrogens is 573 g/mol. The molecule has 0 radical (unpaired) electrons. The quantitative estimate of drug-likeness (QED) is 0.176. The van der Waals surface area contributed by atoms with Crippen LogP contribution < -0.4 is 14.0 Å². The van der Waals surface area contributed by atoms with E-state index in [1.165, 1.54) is 64.2 Å². The van der Waals surface area contributed by atoms with Gasteiger partial charge >= 0.3 is 5.66 Å². The second-order valence-electron chi connectivity index (χ2n) is 12.3. The highest BCUT2D eigenvalue weighted by molar-refractivity contribution is 7.25. The molecule has 208 valence electrons. The van der Waals surface area contributed by atoms with Crippen LogP contribution in [0.3, 0.4) is 0 Å². The van der Waals surface area contributed by atoms with E-state index >= 15 is 0 Å². The van der Waals surface area contributed by atoms with E-state index in [0.717, 1.165) is 23.0 Å². The Hall–Kier alpha value is -5.72. The van der Waals surface area contributed by atoms with Crippen LogP contribution in [0, 0.1) is 0 Å². The molecule has 3 aliphatic heterocycles. The summed E-state index contributed by atoms with van der Waals surface area (Å²) in [5, 5.41) is 5.13. The molecule has 1 unspecified atom stereocenters. The third kappa shape index (κ3) is 2.45. The predicted molar refractivity (Wildman–Crippen MR) is 177 cm³/mol. The van der Waals surface area contributed by atoms with Crippen LogP contribution in [0.5, 0.6) is 11.5 Å². The monoisotopic (exact) mass is 594 g/mol. The highest BCUT2D eigenvalue weighted by Gasteiger charge is 2.68. The maximum absolute atomic E-state index is 6.78. The van der Waals surface area contributed by atoms with Gasteiger partial charge in [0.25, 0.3) is 5.82 Å². The fourth-order valence-electron chi connectivity index (χ4n) is 8.47. The summed E-state index contributed by atoms with van der Waals surface area (Å²) in [6.07, 6.45) is 6.87. The zero-order chi connectivity index (χ0) is 29.0. The normalized spacial score (nSPS) is 16.7. The topological polar surface area (TPSA) is 26.8 Å². The van der Waals surface area contributed by atoms with Gasteiger partial charge < -0.3 is 4.74 Å². The standard InChI is InChI=1S/C39H22N4OS/c1-3-10-29-25(8-1)28-17-18-32-37-38(28)43(29)35-14-5-6-19-40(35)39(37)36-30(11-7-12-31(36)44-32)41-21-24(22-42(39)41)23-15-16-27-26-9-2-4-13-33(26)45-34(27)20-23/h1-22H/q+2. The number of pyridine rings is 1. The van der Waals surface area contributed by atoms with Gasteiger partial charge in [-0.2, -0.15) is 9.13 Å². The average molecular weight is 595 g/mol. The third-order valence-electron chi connectivity index (χ3n) is 10.2. The first-order chi connectivity index (χ1) is 22.3. The lowest BCUT2D eigenvalue weighted by Gasteiger charge is -2.32. The van der Waals surface area contributed by atoms with Crippen LogP contribution in [0.2, 0.25) is 0 Å². The van der Waals surface area contributed by atoms with Crippen molar-refractivity contribution in [2.75, 3.05) is 0 Å². The third-order valence-corrected chi connectivity index (χ3v) is 11.3. The molecule has 0 saturated heterocycles. The molecule has 1 atom stereocenters. The van der Waals surface area contributed by atoms with E-state index in [0.29, 0.717) is 0 Å². The first kappa shape index (κ1) is 22.8. The number of aromatic nitrogens is 4. The summed E-state index contributed by atoms with van der Waals surface area (Å²) >= 11 is 1.87. The fourth-order valence-corrected chi connectivity index (χ4v) is 9.61. The molecule has 5 aromatic carbocycles. The van der Waals surface area contributed by atoms with E-state index < -0.39 is 5.66 Å². The van der Waals surface area contributed by atoms with Crippen molar-refractivity contribution in [2.24, 2.45) is 0 Å². The molecule has 0 saturated carbocycles. The van der Waals surface area contributed by atoms with Crippen molar-refractivity contribution in [3.8, 4) is 34.1 Å². The van der Waals surface area contributed by atoms with E-state index in [2.05, 4.69) is 152 Å². The van der Waals surface area contributed by atoms with Gasteiger partial charge in [-0.15, -0.1) is 16.0 Å². The van der Waals surface area contributed by atoms with Gasteiger partial charge in [-0.25, -0.2) is 0 Å². The SMILES string of the molecule is c1cc2c3c(c1)-n1cc(-c4ccc5c(c4)sc4ccccc45)c[n+]1C31c3c(ccc4c5ccccc5n(c34)-c3cccc[n+]31)O2. The summed E-state index contributed by atoms with van der Waals surface area (Å²) in [7, 11) is 0. The molecule has 4 aromatic heterocycles. The molecule has 5 nitrogen and oxygen atoms in total. The Morgan fingerprint density at radius 2 is 1.47 bits per heavy atom. The van der Waals surface area contributed by atoms with Crippen LogP contribution in [-0.2, 0) is 5.66 Å². The number of fused-ring (bicyclic) bond motifs is 10. The van der Waals surface area contributed by atoms with Crippen molar-refractivity contribution >= 4 is 53.3 Å². The van der Waals surface area contributed by atoms with Gasteiger partial charge in [0.05, 0.1) is 18.0 Å². The Morgan fingerprint density at radius 1 is 0.644 bits per heavy atom. The van der Waals surface area contributed by atoms with Crippen molar-refractivity contribution in [1.82, 2.24) is 9.25 Å². The highest BCUT2D eigenvalue weighted by Crippen LogP contribution is 2.55. The first-order valence-electron chi connectivity index (χ1n) is 15.3. The maximum atomic E-state index is 6.78. The van der Waals surface area contributed by atoms with Crippen LogP contribution in [0.1, 0.15) is 11.1 Å². The van der Waals surface area contributed by atoms with E-state index in [1.54, 1.807) is 0 Å². The van der Waals surface area contributed by atoms with Crippen molar-refractivity contribution < 1.29 is 14.0 Å². The second kappa shape index (κ2) is 7.49. The van der Waals surface area contributed by atoms with Gasteiger partial charge in [-0.3, -0.25) is 0 Å². The van der Waals surface area contributed by atoms with Crippen LogP contribution in [0.15, 0.2) is 134 Å². The Balaban J connectivity index is 1.22. The lowest BCUT2D eigenvalue weighted by Crippen LogP contribution is -2.76. The lowest BCUT2D eigenvalue weighted by molar-refractivity contribution is -0.993. The van der Waals surface area contributed by atoms with Gasteiger partial charge in [0.1, 0.15) is 28.3 Å². The maximum Gasteiger partial charge on any atom is 0.397 e. The van der Waals surface area contributed by atoms with Crippen LogP contribution in [0.4, 0.5) is 0 Å². The van der Waals surface area contributed by atoms with Gasteiger partial charge in [0.2, 0.25) is 6.20 Å². The van der Waals surface area contributed by atoms with Crippen molar-refractivity contribution in [3.05, 3.63) is 145 Å². The fraction of sp³-hybridized carbons (Fsp3) is 0.0256. The number of para-hydroxylation sites is 1. The van der Waals surface area contributed by atoms with Crippen LogP contribution in [-0.4, -0.2) is 9.25 Å². The van der Waals surface area contributed by atoms with Gasteiger partial charge in [0, 0.05) is 37.0 Å². The first-order valence-corrected chi connectivity index (χ1v) is 16.1. The van der Waals surface area contributed by atoms with Gasteiger partial charge in [-0.1, -0.05) is 59.3 Å². The molecule has 1 spiro atoms. The minimum absolute atomic E-state index is 0.667. The molecule has 7 heterocycles. The summed E-state index contributed by atoms with van der Waals surface area (Å²) in [5.41, 5.74) is 7.62. The number of nitrogens with zero attached hydrogens (tertiary/aromatic N) is 4. The molecule has 9 aromatic rings. The van der Waals surface area contributed by atoms with E-state index in [9.17, 15) is 0 Å². The largest absolute Gasteiger partial charge is 0.456 e. The van der Waals surface area contributed by atoms with Gasteiger partial charge in [0.15, 0.2) is 11.1 Å². The highest BCUT2D eigenvalue weighted by atomic mass is 32.1. The second-order valence-corrected chi connectivity index (χ2v) is 13.3. The molecule has 0 N–H and O–H groups in total. The number of thiophene rings is 1. The number of hydrogen-bond acceptors (Lipinski definition) is 2. The number of benzene rings is 5. The molecule has 3 aliphatic rings. The Bertz CT molecular complexity index is 2820. The summed E-state index contributed by atoms with van der Waals surface area (Å²) in [6.45, 7) is 0. The van der Waals surface area contributed by atoms with Crippen molar-refractivity contribution in [3.63, 3.8) is 0 Å². The van der Waals surface area contributed by atoms with E-state index in [4.69, 9.17) is 4.74 Å². The Labute approximate surface area is 260 Å². The molecule has 0 amide bonds. The summed E-state index contributed by atoms with van der Waals surface area (Å²) in [5.74, 6) is 2.93. The molecular formula is C39H22N4OS+2. The Morgan fingerprint density at radius 3 is 2.44 bits per heavy atom. The van der Waals surface area contributed by atoms with Crippen LogP contribution in [0.25, 0.3) is 64.6 Å². The lowest BCUT2D eigenvalue weighted by atomic mass is 9.84. The Kier molecular flexibility index (Phi) is 3.79. The minimum atomic E-state index is -0.667. The minimum Gasteiger partial charge on any atom is -0.456 e. The number of ether oxygens (including phenoxy) is 1. The van der Waals surface area contributed by atoms with Crippen molar-refractivity contribution in [2.45, 2.75) is 5.66 Å². The molecule has 0 fully saturated rings. The van der Waals surface area contributed by atoms with E-state index in [-0.39, 0.29) is 0 Å². The predicted octanol–water partition coefficient (Wildman–Crippen LogP) is 8.21. The van der Waals surface area contributed by atoms with Crippen LogP contribution >= 0.6 is 11.3 Å². The number of hydrogen-bond donors (Lipinski definition) is 0. The molecule has 0 bridgehead atoms. The zero-order valence-electron chi connectivity index (χ0n) is 23.8. The summed E-state index contributed by atoms with van der Waals surface area (Å²) < 4.78 is 19.1. The van der Waals surface area contributed by atoms with Crippen molar-refractivity contribution in [1.29, 1.82) is 0 Å². The molecule has 6 heteroatoms. The molecule has 0 aliphatic carbocycles.